The van der Waals surface area contributed by atoms with Crippen LogP contribution in [0.15, 0.2) is 30.6 Å². The van der Waals surface area contributed by atoms with Crippen LogP contribution in [0, 0.1) is 5.92 Å². The number of hydrogen-bond acceptors (Lipinski definition) is 5. The minimum Gasteiger partial charge on any atom is -0.473 e. The molecule has 0 spiro atoms. The summed E-state index contributed by atoms with van der Waals surface area (Å²) < 4.78 is 8.52. The molecule has 31 heavy (non-hydrogen) atoms. The van der Waals surface area contributed by atoms with Crippen molar-refractivity contribution in [2.75, 3.05) is 6.54 Å². The lowest BCUT2D eigenvalue weighted by Gasteiger charge is -2.20. The van der Waals surface area contributed by atoms with E-state index in [1.165, 1.54) is 0 Å². The summed E-state index contributed by atoms with van der Waals surface area (Å²) in [7, 11) is 0. The number of ether oxygens (including phenoxy) is 1. The molecule has 2 fully saturated rings. The SMILES string of the molecule is C[C@@H](Oc1nc(-c2ccc3c(c2)C(=O)NC3)cc2ncn(C3CC3)c12)[C@H]1CNC(=O)C1. The molecule has 2 amide bonds. The van der Waals surface area contributed by atoms with Gasteiger partial charge in [-0.1, -0.05) is 12.1 Å². The molecule has 2 N–H and O–H groups in total. The van der Waals surface area contributed by atoms with Gasteiger partial charge in [0, 0.05) is 42.6 Å². The highest BCUT2D eigenvalue weighted by molar-refractivity contribution is 5.99. The van der Waals surface area contributed by atoms with Crippen molar-refractivity contribution in [2.24, 2.45) is 5.92 Å². The topological polar surface area (TPSA) is 98.1 Å². The maximum absolute atomic E-state index is 12.1. The third kappa shape index (κ3) is 3.13. The summed E-state index contributed by atoms with van der Waals surface area (Å²) in [4.78, 5) is 33.3. The largest absolute Gasteiger partial charge is 0.473 e. The van der Waals surface area contributed by atoms with Crippen LogP contribution in [0.1, 0.15) is 48.1 Å². The minimum atomic E-state index is -0.168. The molecule has 0 bridgehead atoms. The monoisotopic (exact) mass is 417 g/mol. The summed E-state index contributed by atoms with van der Waals surface area (Å²) in [6.45, 7) is 3.17. The van der Waals surface area contributed by atoms with Gasteiger partial charge in [-0.2, -0.15) is 0 Å². The number of pyridine rings is 1. The van der Waals surface area contributed by atoms with Crippen molar-refractivity contribution in [2.45, 2.75) is 44.9 Å². The maximum atomic E-state index is 12.1. The van der Waals surface area contributed by atoms with Crippen LogP contribution in [0.2, 0.25) is 0 Å². The molecule has 2 atom stereocenters. The van der Waals surface area contributed by atoms with E-state index in [0.717, 1.165) is 40.7 Å². The zero-order valence-electron chi connectivity index (χ0n) is 17.2. The van der Waals surface area contributed by atoms with E-state index in [4.69, 9.17) is 9.72 Å². The zero-order valence-corrected chi connectivity index (χ0v) is 17.2. The van der Waals surface area contributed by atoms with Gasteiger partial charge in [0.15, 0.2) is 0 Å². The first-order chi connectivity index (χ1) is 15.1. The van der Waals surface area contributed by atoms with Crippen molar-refractivity contribution < 1.29 is 14.3 Å². The Kier molecular flexibility index (Phi) is 4.03. The molecule has 158 valence electrons. The number of nitrogens with one attached hydrogen (secondary N) is 2. The van der Waals surface area contributed by atoms with Crippen molar-refractivity contribution in [3.05, 3.63) is 41.7 Å². The lowest BCUT2D eigenvalue weighted by atomic mass is 10.0. The Morgan fingerprint density at radius 3 is 2.84 bits per heavy atom. The van der Waals surface area contributed by atoms with E-state index in [0.29, 0.717) is 37.0 Å². The molecule has 4 heterocycles. The highest BCUT2D eigenvalue weighted by Gasteiger charge is 2.31. The summed E-state index contributed by atoms with van der Waals surface area (Å²) in [5, 5.41) is 5.73. The smallest absolute Gasteiger partial charge is 0.251 e. The van der Waals surface area contributed by atoms with Gasteiger partial charge in [0.2, 0.25) is 11.8 Å². The first-order valence-corrected chi connectivity index (χ1v) is 10.8. The molecular weight excluding hydrogens is 394 g/mol. The molecule has 1 aromatic carbocycles. The molecule has 6 rings (SSSR count). The molecule has 2 aromatic heterocycles. The van der Waals surface area contributed by atoms with Gasteiger partial charge in [-0.05, 0) is 37.5 Å². The number of rotatable bonds is 5. The predicted octanol–water partition coefficient (Wildman–Crippen LogP) is 2.58. The van der Waals surface area contributed by atoms with Gasteiger partial charge in [0.05, 0.1) is 17.5 Å². The van der Waals surface area contributed by atoms with Gasteiger partial charge >= 0.3 is 0 Å². The van der Waals surface area contributed by atoms with Crippen LogP contribution in [0.3, 0.4) is 0 Å². The highest BCUT2D eigenvalue weighted by Crippen LogP contribution is 2.40. The second-order valence-corrected chi connectivity index (χ2v) is 8.71. The molecule has 1 saturated heterocycles. The fourth-order valence-corrected chi connectivity index (χ4v) is 4.49. The van der Waals surface area contributed by atoms with Gasteiger partial charge in [-0.15, -0.1) is 0 Å². The lowest BCUT2D eigenvalue weighted by Crippen LogP contribution is -2.26. The van der Waals surface area contributed by atoms with E-state index >= 15 is 0 Å². The van der Waals surface area contributed by atoms with Crippen molar-refractivity contribution in [3.63, 3.8) is 0 Å². The maximum Gasteiger partial charge on any atom is 0.251 e. The first-order valence-electron chi connectivity index (χ1n) is 10.8. The van der Waals surface area contributed by atoms with E-state index in [2.05, 4.69) is 20.2 Å². The summed E-state index contributed by atoms with van der Waals surface area (Å²) in [5.74, 6) is 0.647. The van der Waals surface area contributed by atoms with Crippen LogP contribution in [-0.4, -0.2) is 39.0 Å². The van der Waals surface area contributed by atoms with Crippen molar-refractivity contribution in [1.82, 2.24) is 25.2 Å². The second kappa shape index (κ2) is 6.80. The van der Waals surface area contributed by atoms with Crippen LogP contribution in [-0.2, 0) is 11.3 Å². The first kappa shape index (κ1) is 18.4. The average molecular weight is 417 g/mol. The number of fused-ring (bicyclic) bond motifs is 2. The fraction of sp³-hybridized carbons (Fsp3) is 0.391. The molecule has 8 nitrogen and oxygen atoms in total. The van der Waals surface area contributed by atoms with Gasteiger partial charge in [-0.3, -0.25) is 9.59 Å². The van der Waals surface area contributed by atoms with Gasteiger partial charge in [0.1, 0.15) is 11.6 Å². The van der Waals surface area contributed by atoms with Crippen molar-refractivity contribution in [3.8, 4) is 17.1 Å². The Morgan fingerprint density at radius 1 is 1.19 bits per heavy atom. The number of nitrogens with zero attached hydrogens (tertiary/aromatic N) is 3. The molecule has 2 aliphatic heterocycles. The number of hydrogen-bond donors (Lipinski definition) is 2. The van der Waals surface area contributed by atoms with Crippen molar-refractivity contribution >= 4 is 22.8 Å². The number of benzene rings is 1. The number of carbonyl (C=O) groups is 2. The highest BCUT2D eigenvalue weighted by atomic mass is 16.5. The van der Waals surface area contributed by atoms with Crippen molar-refractivity contribution in [1.29, 1.82) is 0 Å². The predicted molar refractivity (Wildman–Crippen MR) is 114 cm³/mol. The molecule has 0 unspecified atom stereocenters. The van der Waals surface area contributed by atoms with Gasteiger partial charge < -0.3 is 19.9 Å². The van der Waals surface area contributed by atoms with Crippen LogP contribution >= 0.6 is 0 Å². The van der Waals surface area contributed by atoms with E-state index in [9.17, 15) is 9.59 Å². The third-order valence-corrected chi connectivity index (χ3v) is 6.52. The molecule has 1 saturated carbocycles. The summed E-state index contributed by atoms with van der Waals surface area (Å²) in [5.41, 5.74) is 4.98. The lowest BCUT2D eigenvalue weighted by molar-refractivity contribution is -0.119. The van der Waals surface area contributed by atoms with Gasteiger partial charge in [-0.25, -0.2) is 9.97 Å². The van der Waals surface area contributed by atoms with E-state index < -0.39 is 0 Å². The standard InChI is InChI=1S/C23H23N5O3/c1-12(15-7-20(29)24-10-15)31-23-21-19(26-11-28(21)16-4-5-16)8-18(27-23)13-2-3-14-9-25-22(30)17(14)6-13/h2-3,6,8,11-12,15-16H,4-5,7,9-10H2,1H3,(H,24,29)(H,25,30)/t12-,15-/m1/s1. The fourth-order valence-electron chi connectivity index (χ4n) is 4.49. The number of carbonyl (C=O) groups excluding carboxylic acids is 2. The Balaban J connectivity index is 1.43. The zero-order chi connectivity index (χ0) is 21.1. The normalized spacial score (nSPS) is 21.1. The average Bonchev–Trinajstić information content (AvgIpc) is 3.19. The summed E-state index contributed by atoms with van der Waals surface area (Å²) in [6.07, 6.45) is 4.42. The number of imidazole rings is 1. The van der Waals surface area contributed by atoms with E-state index in [-0.39, 0.29) is 23.8 Å². The molecule has 1 aliphatic carbocycles. The molecule has 8 heteroatoms. The molecule has 3 aromatic rings. The minimum absolute atomic E-state index is 0.0561. The third-order valence-electron chi connectivity index (χ3n) is 6.52. The summed E-state index contributed by atoms with van der Waals surface area (Å²) >= 11 is 0. The molecule has 3 aliphatic rings. The van der Waals surface area contributed by atoms with Crippen LogP contribution in [0.4, 0.5) is 0 Å². The number of aromatic nitrogens is 3. The van der Waals surface area contributed by atoms with Crippen LogP contribution < -0.4 is 15.4 Å². The van der Waals surface area contributed by atoms with Crippen LogP contribution in [0.5, 0.6) is 5.88 Å². The Labute approximate surface area is 179 Å². The Morgan fingerprint density at radius 2 is 2.06 bits per heavy atom. The Hall–Kier alpha value is -3.42. The van der Waals surface area contributed by atoms with E-state index in [1.807, 2.05) is 37.5 Å². The van der Waals surface area contributed by atoms with Gasteiger partial charge in [0.25, 0.3) is 5.91 Å². The Bertz CT molecular complexity index is 1230. The van der Waals surface area contributed by atoms with E-state index in [1.54, 1.807) is 0 Å². The quantitative estimate of drug-likeness (QED) is 0.665. The molecule has 0 radical (unpaired) electrons. The second-order valence-electron chi connectivity index (χ2n) is 8.71. The number of amides is 2. The molecular formula is C23H23N5O3. The summed E-state index contributed by atoms with van der Waals surface area (Å²) in [6, 6.07) is 8.24. The van der Waals surface area contributed by atoms with Crippen LogP contribution in [0.25, 0.3) is 22.3 Å².